The molecule has 2 aromatic heterocycles. The van der Waals surface area contributed by atoms with Gasteiger partial charge < -0.3 is 24.1 Å². The third kappa shape index (κ3) is 4.74. The van der Waals surface area contributed by atoms with Crippen LogP contribution in [-0.4, -0.2) is 65.9 Å². The number of carbonyl (C=O) groups excluding carboxylic acids is 1. The Balaban J connectivity index is 1.52. The smallest absolute Gasteiger partial charge is 0.271 e. The van der Waals surface area contributed by atoms with Crippen molar-refractivity contribution in [2.75, 3.05) is 31.7 Å². The Hall–Kier alpha value is -3.01. The summed E-state index contributed by atoms with van der Waals surface area (Å²) in [5.41, 5.74) is 0.312. The lowest BCUT2D eigenvalue weighted by Gasteiger charge is -2.34. The van der Waals surface area contributed by atoms with Crippen LogP contribution in [0.2, 0.25) is 0 Å². The molecule has 1 fully saturated rings. The highest BCUT2D eigenvalue weighted by Gasteiger charge is 2.35. The number of nitrogens with one attached hydrogen (secondary N) is 1. The first-order chi connectivity index (χ1) is 15.2. The van der Waals surface area contributed by atoms with Crippen LogP contribution in [0.5, 0.6) is 5.75 Å². The largest absolute Gasteiger partial charge is 0.488 e. The minimum Gasteiger partial charge on any atom is -0.488 e. The lowest BCUT2D eigenvalue weighted by Crippen LogP contribution is -2.51. The van der Waals surface area contributed by atoms with E-state index >= 15 is 0 Å². The summed E-state index contributed by atoms with van der Waals surface area (Å²) in [5, 5.41) is 2.97. The summed E-state index contributed by atoms with van der Waals surface area (Å²) in [5.74, 6) is 1.71. The number of allylic oxidation sites excluding steroid dienone is 1. The molecule has 0 saturated carbocycles. The summed E-state index contributed by atoms with van der Waals surface area (Å²) in [6.07, 6.45) is 8.09. The summed E-state index contributed by atoms with van der Waals surface area (Å²) in [7, 11) is -1.08. The third-order valence-corrected chi connectivity index (χ3v) is 7.37. The molecule has 0 radical (unpaired) electrons. The Morgan fingerprint density at radius 2 is 2.00 bits per heavy atom. The minimum atomic E-state index is -3.01. The molecule has 2 aliphatic rings. The van der Waals surface area contributed by atoms with E-state index in [0.29, 0.717) is 49.0 Å². The van der Waals surface area contributed by atoms with Gasteiger partial charge in [-0.15, -0.1) is 0 Å². The molecule has 0 aromatic carbocycles. The molecule has 2 aliphatic heterocycles. The van der Waals surface area contributed by atoms with Crippen LogP contribution in [0.25, 0.3) is 5.65 Å². The highest BCUT2D eigenvalue weighted by Crippen LogP contribution is 2.25. The van der Waals surface area contributed by atoms with E-state index in [1.165, 1.54) is 0 Å². The Morgan fingerprint density at radius 3 is 2.72 bits per heavy atom. The standard InChI is InChI=1S/C22H28N4O5S/c1-4-30-18-6-5-11-25(3)21(18)31-16-7-8-19-23-17(15-26(19)14-16)20(27)24-22(2)9-12-32(28,29)13-10-22/h5-8,14-15H,4,9-13H2,1-3H3,(H,24,27). The van der Waals surface area contributed by atoms with Crippen LogP contribution in [0.4, 0.5) is 0 Å². The number of pyridine rings is 1. The molecule has 0 unspecified atom stereocenters. The van der Waals surface area contributed by atoms with Crippen LogP contribution in [0.15, 0.2) is 48.3 Å². The van der Waals surface area contributed by atoms with Crippen molar-refractivity contribution in [2.24, 2.45) is 0 Å². The van der Waals surface area contributed by atoms with Gasteiger partial charge in [0.15, 0.2) is 5.76 Å². The molecule has 2 aromatic rings. The van der Waals surface area contributed by atoms with Crippen LogP contribution in [0.1, 0.15) is 37.2 Å². The summed E-state index contributed by atoms with van der Waals surface area (Å²) in [6, 6.07) is 3.57. The second-order valence-electron chi connectivity index (χ2n) is 8.41. The number of aromatic nitrogens is 2. The topological polar surface area (TPSA) is 102 Å². The molecule has 1 N–H and O–H groups in total. The summed E-state index contributed by atoms with van der Waals surface area (Å²) in [6.45, 7) is 5.04. The Bertz CT molecular complexity index is 1180. The molecule has 4 heterocycles. The van der Waals surface area contributed by atoms with E-state index in [-0.39, 0.29) is 23.1 Å². The number of fused-ring (bicyclic) bond motifs is 1. The zero-order valence-electron chi connectivity index (χ0n) is 18.5. The van der Waals surface area contributed by atoms with Gasteiger partial charge in [-0.3, -0.25) is 4.79 Å². The van der Waals surface area contributed by atoms with Crippen LogP contribution in [-0.2, 0) is 14.6 Å². The number of likely N-dealkylation sites (N-methyl/N-ethyl adjacent to an activating group) is 1. The van der Waals surface area contributed by atoms with Crippen molar-refractivity contribution in [3.05, 3.63) is 54.0 Å². The highest BCUT2D eigenvalue weighted by atomic mass is 32.2. The first-order valence-corrected chi connectivity index (χ1v) is 12.4. The van der Waals surface area contributed by atoms with Gasteiger partial charge in [0, 0.05) is 25.3 Å². The average Bonchev–Trinajstić information content (AvgIpc) is 3.17. The fourth-order valence-corrected chi connectivity index (χ4v) is 5.49. The Labute approximate surface area is 187 Å². The first-order valence-electron chi connectivity index (χ1n) is 10.6. The maximum atomic E-state index is 12.8. The van der Waals surface area contributed by atoms with Crippen molar-refractivity contribution >= 4 is 21.4 Å². The van der Waals surface area contributed by atoms with Gasteiger partial charge in [-0.05, 0) is 44.9 Å². The van der Waals surface area contributed by atoms with E-state index in [2.05, 4.69) is 10.3 Å². The van der Waals surface area contributed by atoms with Gasteiger partial charge in [-0.25, -0.2) is 13.4 Å². The number of rotatable bonds is 6. The Morgan fingerprint density at radius 1 is 1.25 bits per heavy atom. The summed E-state index contributed by atoms with van der Waals surface area (Å²) >= 11 is 0. The number of ether oxygens (including phenoxy) is 2. The molecule has 0 atom stereocenters. The monoisotopic (exact) mass is 460 g/mol. The molecule has 32 heavy (non-hydrogen) atoms. The zero-order chi connectivity index (χ0) is 22.9. The minimum absolute atomic E-state index is 0.0822. The third-order valence-electron chi connectivity index (χ3n) is 5.72. The lowest BCUT2D eigenvalue weighted by atomic mass is 9.95. The number of hydrogen-bond donors (Lipinski definition) is 1. The van der Waals surface area contributed by atoms with Crippen LogP contribution in [0, 0.1) is 0 Å². The van der Waals surface area contributed by atoms with E-state index < -0.39 is 15.4 Å². The number of imidazole rings is 1. The summed E-state index contributed by atoms with van der Waals surface area (Å²) in [4.78, 5) is 19.2. The molecule has 0 aliphatic carbocycles. The Kier molecular flexibility index (Phi) is 5.89. The van der Waals surface area contributed by atoms with Crippen molar-refractivity contribution in [3.63, 3.8) is 0 Å². The second-order valence-corrected chi connectivity index (χ2v) is 10.7. The summed E-state index contributed by atoms with van der Waals surface area (Å²) < 4.78 is 36.9. The molecule has 0 spiro atoms. The predicted octanol–water partition coefficient (Wildman–Crippen LogP) is 2.12. The molecule has 1 amide bonds. The maximum Gasteiger partial charge on any atom is 0.271 e. The molecule has 4 rings (SSSR count). The van der Waals surface area contributed by atoms with Crippen molar-refractivity contribution < 1.29 is 22.7 Å². The fraction of sp³-hybridized carbons (Fsp3) is 0.455. The maximum absolute atomic E-state index is 12.8. The molecular formula is C22H28N4O5S. The van der Waals surface area contributed by atoms with Gasteiger partial charge in [-0.1, -0.05) is 6.08 Å². The second kappa shape index (κ2) is 8.50. The van der Waals surface area contributed by atoms with E-state index in [0.717, 1.165) is 0 Å². The van der Waals surface area contributed by atoms with E-state index in [4.69, 9.17) is 9.47 Å². The normalized spacial score (nSPS) is 19.8. The van der Waals surface area contributed by atoms with Gasteiger partial charge in [0.1, 0.15) is 26.9 Å². The number of carbonyl (C=O) groups is 1. The van der Waals surface area contributed by atoms with E-state index in [9.17, 15) is 13.2 Å². The molecule has 10 heteroatoms. The number of hydrogen-bond acceptors (Lipinski definition) is 7. The van der Waals surface area contributed by atoms with Gasteiger partial charge in [-0.2, -0.15) is 0 Å². The molecule has 9 nitrogen and oxygen atoms in total. The molecule has 0 bridgehead atoms. The van der Waals surface area contributed by atoms with Crippen molar-refractivity contribution in [2.45, 2.75) is 32.2 Å². The number of sulfone groups is 1. The quantitative estimate of drug-likeness (QED) is 0.704. The van der Waals surface area contributed by atoms with Crippen LogP contribution in [0.3, 0.4) is 0 Å². The van der Waals surface area contributed by atoms with Crippen molar-refractivity contribution in [1.29, 1.82) is 0 Å². The number of amides is 1. The first kappa shape index (κ1) is 22.2. The van der Waals surface area contributed by atoms with E-state index in [1.807, 2.05) is 37.9 Å². The molecule has 172 valence electrons. The van der Waals surface area contributed by atoms with Gasteiger partial charge in [0.2, 0.25) is 5.88 Å². The molecule has 1 saturated heterocycles. The fourth-order valence-electron chi connectivity index (χ4n) is 3.76. The van der Waals surface area contributed by atoms with Crippen LogP contribution < -0.4 is 10.1 Å². The van der Waals surface area contributed by atoms with Gasteiger partial charge in [0.05, 0.1) is 24.3 Å². The van der Waals surface area contributed by atoms with E-state index in [1.54, 1.807) is 28.9 Å². The van der Waals surface area contributed by atoms with Gasteiger partial charge in [0.25, 0.3) is 5.91 Å². The van der Waals surface area contributed by atoms with Gasteiger partial charge >= 0.3 is 0 Å². The lowest BCUT2D eigenvalue weighted by molar-refractivity contribution is 0.0895. The highest BCUT2D eigenvalue weighted by molar-refractivity contribution is 7.91. The number of nitrogens with zero attached hydrogens (tertiary/aromatic N) is 3. The predicted molar refractivity (Wildman–Crippen MR) is 120 cm³/mol. The SMILES string of the molecule is CCOC1=C(Oc2ccc3nc(C(=O)NC4(C)CCS(=O)(=O)CC4)cn3c2)N(C)CC=C1. The van der Waals surface area contributed by atoms with Crippen molar-refractivity contribution in [1.82, 2.24) is 19.6 Å². The van der Waals surface area contributed by atoms with Crippen molar-refractivity contribution in [3.8, 4) is 5.75 Å². The molecular weight excluding hydrogens is 432 g/mol. The zero-order valence-corrected chi connectivity index (χ0v) is 19.3. The average molecular weight is 461 g/mol. The van der Waals surface area contributed by atoms with Crippen LogP contribution >= 0.6 is 0 Å².